The summed E-state index contributed by atoms with van der Waals surface area (Å²) < 4.78 is 5.17. The van der Waals surface area contributed by atoms with Crippen molar-refractivity contribution in [2.45, 2.75) is 33.6 Å². The number of hydrogen-bond donors (Lipinski definition) is 0. The predicted octanol–water partition coefficient (Wildman–Crippen LogP) is 4.10. The maximum Gasteiger partial charge on any atom is 0.165 e. The number of ketones is 1. The van der Waals surface area contributed by atoms with Crippen LogP contribution in [0.5, 0.6) is 5.75 Å². The Kier molecular flexibility index (Phi) is 2.82. The van der Waals surface area contributed by atoms with E-state index in [-0.39, 0.29) is 10.8 Å². The van der Waals surface area contributed by atoms with Crippen molar-refractivity contribution in [2.24, 2.45) is 16.7 Å². The molecule has 0 spiro atoms. The average Bonchev–Trinajstić information content (AvgIpc) is 2.74. The summed E-state index contributed by atoms with van der Waals surface area (Å²) in [6, 6.07) is 7.91. The van der Waals surface area contributed by atoms with Crippen LogP contribution in [-0.2, 0) is 4.79 Å². The fourth-order valence-electron chi connectivity index (χ4n) is 3.97. The molecular weight excluding hydrogens is 248 g/mol. The summed E-state index contributed by atoms with van der Waals surface area (Å²) >= 11 is 0. The molecule has 2 unspecified atom stereocenters. The van der Waals surface area contributed by atoms with Gasteiger partial charge in [-0.15, -0.1) is 0 Å². The third-order valence-corrected chi connectivity index (χ3v) is 5.80. The zero-order chi connectivity index (χ0) is 14.5. The largest absolute Gasteiger partial charge is 0.497 e. The first kappa shape index (κ1) is 13.4. The molecule has 2 aliphatic rings. The molecule has 106 valence electrons. The van der Waals surface area contributed by atoms with Gasteiger partial charge in [-0.05, 0) is 53.5 Å². The zero-order valence-corrected chi connectivity index (χ0v) is 12.7. The molecule has 0 N–H and O–H groups in total. The normalized spacial score (nSPS) is 32.9. The highest BCUT2D eigenvalue weighted by molar-refractivity contribution is 6.07. The molecule has 0 aliphatic heterocycles. The van der Waals surface area contributed by atoms with Crippen LogP contribution in [0.15, 0.2) is 29.8 Å². The number of carbonyl (C=O) groups is 1. The van der Waals surface area contributed by atoms with Gasteiger partial charge in [0.1, 0.15) is 5.75 Å². The van der Waals surface area contributed by atoms with E-state index in [1.807, 2.05) is 24.3 Å². The summed E-state index contributed by atoms with van der Waals surface area (Å²) in [5.74, 6) is 1.61. The van der Waals surface area contributed by atoms with Gasteiger partial charge in [0.25, 0.3) is 0 Å². The molecule has 20 heavy (non-hydrogen) atoms. The van der Waals surface area contributed by atoms with Crippen molar-refractivity contribution in [3.63, 3.8) is 0 Å². The van der Waals surface area contributed by atoms with E-state index < -0.39 is 0 Å². The number of fused-ring (bicyclic) bond motifs is 2. The van der Waals surface area contributed by atoms with Gasteiger partial charge in [0.15, 0.2) is 5.78 Å². The molecule has 3 rings (SSSR count). The first-order valence-electron chi connectivity index (χ1n) is 7.30. The van der Waals surface area contributed by atoms with Crippen LogP contribution in [0.2, 0.25) is 0 Å². The average molecular weight is 270 g/mol. The molecule has 2 aliphatic carbocycles. The third kappa shape index (κ3) is 1.60. The second-order valence-electron chi connectivity index (χ2n) is 6.85. The second kappa shape index (κ2) is 4.21. The minimum absolute atomic E-state index is 0.0857. The molecule has 0 saturated heterocycles. The van der Waals surface area contributed by atoms with Gasteiger partial charge in [0, 0.05) is 5.41 Å². The van der Waals surface area contributed by atoms with Crippen molar-refractivity contribution in [3.8, 4) is 5.75 Å². The van der Waals surface area contributed by atoms with E-state index in [1.165, 1.54) is 0 Å². The van der Waals surface area contributed by atoms with Crippen LogP contribution in [0.3, 0.4) is 0 Å². The smallest absolute Gasteiger partial charge is 0.165 e. The topological polar surface area (TPSA) is 26.3 Å². The molecule has 1 aromatic carbocycles. The van der Waals surface area contributed by atoms with E-state index in [2.05, 4.69) is 26.8 Å². The summed E-state index contributed by atoms with van der Waals surface area (Å²) in [4.78, 5) is 12.7. The van der Waals surface area contributed by atoms with E-state index in [4.69, 9.17) is 4.74 Å². The van der Waals surface area contributed by atoms with Gasteiger partial charge in [-0.1, -0.05) is 32.9 Å². The van der Waals surface area contributed by atoms with Crippen molar-refractivity contribution in [3.05, 3.63) is 35.4 Å². The summed E-state index contributed by atoms with van der Waals surface area (Å²) in [7, 11) is 1.66. The number of carbonyl (C=O) groups excluding carboxylic acids is 1. The van der Waals surface area contributed by atoms with Gasteiger partial charge in [-0.3, -0.25) is 4.79 Å². The second-order valence-corrected chi connectivity index (χ2v) is 6.85. The third-order valence-electron chi connectivity index (χ3n) is 5.80. The maximum atomic E-state index is 12.7. The van der Waals surface area contributed by atoms with E-state index in [9.17, 15) is 4.79 Å². The number of methoxy groups -OCH3 is 1. The fraction of sp³-hybridized carbons (Fsp3) is 0.500. The lowest BCUT2D eigenvalue weighted by molar-refractivity contribution is -0.125. The first-order valence-corrected chi connectivity index (χ1v) is 7.30. The number of benzene rings is 1. The summed E-state index contributed by atoms with van der Waals surface area (Å²) in [5.41, 5.74) is 2.02. The van der Waals surface area contributed by atoms with Crippen LogP contribution in [0.4, 0.5) is 0 Å². The Balaban J connectivity index is 1.99. The van der Waals surface area contributed by atoms with Gasteiger partial charge in [-0.25, -0.2) is 0 Å². The fourth-order valence-corrected chi connectivity index (χ4v) is 3.97. The molecule has 2 fully saturated rings. The Morgan fingerprint density at radius 1 is 1.20 bits per heavy atom. The van der Waals surface area contributed by atoms with Crippen molar-refractivity contribution in [1.82, 2.24) is 0 Å². The van der Waals surface area contributed by atoms with Crippen molar-refractivity contribution < 1.29 is 9.53 Å². The highest BCUT2D eigenvalue weighted by Crippen LogP contribution is 2.65. The SMILES string of the molecule is COc1ccc(/C=C2\C(=O)C3(C)CCC2C3(C)C)cc1. The van der Waals surface area contributed by atoms with Gasteiger partial charge >= 0.3 is 0 Å². The minimum atomic E-state index is -0.171. The Bertz CT molecular complexity index is 580. The number of hydrogen-bond acceptors (Lipinski definition) is 2. The van der Waals surface area contributed by atoms with Gasteiger partial charge in [0.05, 0.1) is 7.11 Å². The first-order chi connectivity index (χ1) is 9.40. The Labute approximate surface area is 120 Å². The molecule has 0 aromatic heterocycles. The molecule has 0 radical (unpaired) electrons. The van der Waals surface area contributed by atoms with Gasteiger partial charge in [0.2, 0.25) is 0 Å². The predicted molar refractivity (Wildman–Crippen MR) is 80.6 cm³/mol. The lowest BCUT2D eigenvalue weighted by atomic mass is 9.70. The molecular formula is C18H22O2. The van der Waals surface area contributed by atoms with Crippen LogP contribution in [0.25, 0.3) is 6.08 Å². The van der Waals surface area contributed by atoms with Crippen LogP contribution >= 0.6 is 0 Å². The lowest BCUT2D eigenvalue weighted by Gasteiger charge is -2.31. The molecule has 2 nitrogen and oxygen atoms in total. The summed E-state index contributed by atoms with van der Waals surface area (Å²) in [6.45, 7) is 6.64. The monoisotopic (exact) mass is 270 g/mol. The summed E-state index contributed by atoms with van der Waals surface area (Å²) in [6.07, 6.45) is 4.25. The highest BCUT2D eigenvalue weighted by atomic mass is 16.5. The van der Waals surface area contributed by atoms with Crippen molar-refractivity contribution >= 4 is 11.9 Å². The molecule has 0 amide bonds. The minimum Gasteiger partial charge on any atom is -0.497 e. The Hall–Kier alpha value is -1.57. The highest BCUT2D eigenvalue weighted by Gasteiger charge is 2.63. The molecule has 2 heteroatoms. The molecule has 2 bridgehead atoms. The maximum absolute atomic E-state index is 12.7. The standard InChI is InChI=1S/C18H22O2/c1-17(2)15-9-10-18(17,3)16(19)14(15)11-12-5-7-13(20-4)8-6-12/h5-8,11,15H,9-10H2,1-4H3/b14-11-. The van der Waals surface area contributed by atoms with Crippen LogP contribution in [-0.4, -0.2) is 12.9 Å². The van der Waals surface area contributed by atoms with E-state index in [1.54, 1.807) is 7.11 Å². The summed E-state index contributed by atoms with van der Waals surface area (Å²) in [5, 5.41) is 0. The van der Waals surface area contributed by atoms with Gasteiger partial charge in [-0.2, -0.15) is 0 Å². The Morgan fingerprint density at radius 3 is 2.35 bits per heavy atom. The number of Topliss-reactive ketones (excluding diaryl/α,β-unsaturated/α-hetero) is 1. The molecule has 2 atom stereocenters. The number of ether oxygens (including phenoxy) is 1. The molecule has 1 aromatic rings. The van der Waals surface area contributed by atoms with Crippen molar-refractivity contribution in [2.75, 3.05) is 7.11 Å². The van der Waals surface area contributed by atoms with Crippen LogP contribution < -0.4 is 4.74 Å². The molecule has 0 heterocycles. The Morgan fingerprint density at radius 2 is 1.85 bits per heavy atom. The van der Waals surface area contributed by atoms with E-state index in [0.717, 1.165) is 29.7 Å². The number of allylic oxidation sites excluding steroid dienone is 1. The molecule has 2 saturated carbocycles. The quantitative estimate of drug-likeness (QED) is 0.756. The van der Waals surface area contributed by atoms with Crippen LogP contribution in [0.1, 0.15) is 39.2 Å². The van der Waals surface area contributed by atoms with E-state index >= 15 is 0 Å². The zero-order valence-electron chi connectivity index (χ0n) is 12.7. The number of rotatable bonds is 2. The van der Waals surface area contributed by atoms with Gasteiger partial charge < -0.3 is 4.74 Å². The van der Waals surface area contributed by atoms with Crippen LogP contribution in [0, 0.1) is 16.7 Å². The van der Waals surface area contributed by atoms with E-state index in [0.29, 0.717) is 11.7 Å². The lowest BCUT2D eigenvalue weighted by Crippen LogP contribution is -2.32. The van der Waals surface area contributed by atoms with Crippen molar-refractivity contribution in [1.29, 1.82) is 0 Å².